The highest BCUT2D eigenvalue weighted by Gasteiger charge is 2.36. The molecule has 0 spiro atoms. The summed E-state index contributed by atoms with van der Waals surface area (Å²) in [4.78, 5) is 15.6. The van der Waals surface area contributed by atoms with Gasteiger partial charge in [0, 0.05) is 32.1 Å². The minimum atomic E-state index is -3.69. The molecule has 1 saturated heterocycles. The summed E-state index contributed by atoms with van der Waals surface area (Å²) in [7, 11) is -3.69. The zero-order valence-electron chi connectivity index (χ0n) is 19.7. The van der Waals surface area contributed by atoms with Gasteiger partial charge in [0.25, 0.3) is 0 Å². The number of sulfonamides is 1. The third-order valence-electron chi connectivity index (χ3n) is 6.41. The van der Waals surface area contributed by atoms with Crippen LogP contribution < -0.4 is 0 Å². The monoisotopic (exact) mass is 481 g/mol. The van der Waals surface area contributed by atoms with Crippen molar-refractivity contribution in [2.24, 2.45) is 5.92 Å². The van der Waals surface area contributed by atoms with Gasteiger partial charge in [-0.1, -0.05) is 65.8 Å². The second-order valence-corrected chi connectivity index (χ2v) is 10.7. The topological polar surface area (TPSA) is 83.7 Å². The second kappa shape index (κ2) is 10.5. The summed E-state index contributed by atoms with van der Waals surface area (Å²) in [6.07, 6.45) is 1.77. The number of hydrogen-bond acceptors (Lipinski definition) is 5. The lowest BCUT2D eigenvalue weighted by Gasteiger charge is -2.34. The van der Waals surface area contributed by atoms with Gasteiger partial charge in [0.1, 0.15) is 10.6 Å². The third kappa shape index (κ3) is 5.39. The molecule has 1 aliphatic heterocycles. The van der Waals surface area contributed by atoms with Gasteiger partial charge in [0.2, 0.25) is 15.9 Å². The van der Waals surface area contributed by atoms with Crippen LogP contribution in [0.25, 0.3) is 0 Å². The first kappa shape index (κ1) is 24.2. The first-order valence-electron chi connectivity index (χ1n) is 11.7. The lowest BCUT2D eigenvalue weighted by Crippen LogP contribution is -2.44. The van der Waals surface area contributed by atoms with Gasteiger partial charge < -0.3 is 9.42 Å². The Labute approximate surface area is 201 Å². The molecule has 7 nitrogen and oxygen atoms in total. The van der Waals surface area contributed by atoms with E-state index in [1.165, 1.54) is 9.87 Å². The van der Waals surface area contributed by atoms with E-state index in [9.17, 15) is 13.2 Å². The molecular weight excluding hydrogens is 450 g/mol. The number of rotatable bonds is 8. The van der Waals surface area contributed by atoms with E-state index in [1.54, 1.807) is 13.8 Å². The Bertz CT molecular complexity index is 1180. The number of aryl methyl sites for hydroxylation is 2. The molecule has 180 valence electrons. The van der Waals surface area contributed by atoms with Gasteiger partial charge in [-0.15, -0.1) is 0 Å². The van der Waals surface area contributed by atoms with E-state index < -0.39 is 10.0 Å². The maximum absolute atomic E-state index is 13.6. The van der Waals surface area contributed by atoms with Gasteiger partial charge in [-0.25, -0.2) is 8.42 Å². The van der Waals surface area contributed by atoms with Crippen molar-refractivity contribution in [2.45, 2.75) is 44.6 Å². The lowest BCUT2D eigenvalue weighted by molar-refractivity contribution is -0.137. The highest BCUT2D eigenvalue weighted by atomic mass is 32.2. The highest BCUT2D eigenvalue weighted by Crippen LogP contribution is 2.28. The number of aromatic nitrogens is 1. The molecule has 2 heterocycles. The van der Waals surface area contributed by atoms with E-state index in [1.807, 2.05) is 53.4 Å². The molecule has 1 aromatic heterocycles. The van der Waals surface area contributed by atoms with Crippen molar-refractivity contribution < 1.29 is 17.7 Å². The zero-order chi connectivity index (χ0) is 24.1. The van der Waals surface area contributed by atoms with Crippen LogP contribution in [0.2, 0.25) is 0 Å². The lowest BCUT2D eigenvalue weighted by atomic mass is 9.96. The molecule has 1 aliphatic rings. The molecule has 0 saturated carbocycles. The van der Waals surface area contributed by atoms with E-state index in [4.69, 9.17) is 4.52 Å². The van der Waals surface area contributed by atoms with Crippen molar-refractivity contribution in [3.63, 3.8) is 0 Å². The molecule has 8 heteroatoms. The molecular formula is C26H31N3O4S. The Kier molecular flexibility index (Phi) is 7.48. The van der Waals surface area contributed by atoms with Gasteiger partial charge in [0.05, 0.1) is 0 Å². The van der Waals surface area contributed by atoms with Crippen LogP contribution in [0.5, 0.6) is 0 Å². The Balaban J connectivity index is 1.44. The Morgan fingerprint density at radius 1 is 1.00 bits per heavy atom. The minimum absolute atomic E-state index is 0.0918. The number of carbonyl (C=O) groups is 1. The first-order chi connectivity index (χ1) is 16.4. The quantitative estimate of drug-likeness (QED) is 0.486. The molecule has 0 N–H and O–H groups in total. The van der Waals surface area contributed by atoms with Crippen molar-refractivity contribution in [2.75, 3.05) is 19.6 Å². The molecule has 3 aromatic rings. The van der Waals surface area contributed by atoms with Crippen LogP contribution in [-0.4, -0.2) is 48.3 Å². The fourth-order valence-electron chi connectivity index (χ4n) is 4.55. The third-order valence-corrected chi connectivity index (χ3v) is 8.55. The summed E-state index contributed by atoms with van der Waals surface area (Å²) >= 11 is 0. The van der Waals surface area contributed by atoms with E-state index in [-0.39, 0.29) is 16.7 Å². The average Bonchev–Trinajstić information content (AvgIpc) is 3.21. The predicted molar refractivity (Wildman–Crippen MR) is 129 cm³/mol. The van der Waals surface area contributed by atoms with Crippen molar-refractivity contribution in [1.29, 1.82) is 0 Å². The normalized spacial score (nSPS) is 15.4. The summed E-state index contributed by atoms with van der Waals surface area (Å²) < 4.78 is 32.8. The van der Waals surface area contributed by atoms with Crippen LogP contribution in [0, 0.1) is 19.8 Å². The highest BCUT2D eigenvalue weighted by molar-refractivity contribution is 7.89. The summed E-state index contributed by atoms with van der Waals surface area (Å²) in [5, 5.41) is 3.79. The summed E-state index contributed by atoms with van der Waals surface area (Å²) in [5.41, 5.74) is 2.64. The number of piperidine rings is 1. The maximum atomic E-state index is 13.6. The van der Waals surface area contributed by atoms with Crippen LogP contribution in [0.15, 0.2) is 70.1 Å². The van der Waals surface area contributed by atoms with Gasteiger partial charge >= 0.3 is 0 Å². The van der Waals surface area contributed by atoms with Gasteiger partial charge in [-0.05, 0) is 44.2 Å². The van der Waals surface area contributed by atoms with E-state index in [0.717, 1.165) is 12.0 Å². The molecule has 0 radical (unpaired) electrons. The molecule has 0 unspecified atom stereocenters. The fraction of sp³-hybridized carbons (Fsp3) is 0.385. The zero-order valence-corrected chi connectivity index (χ0v) is 20.5. The SMILES string of the molecule is Cc1noc(C)c1S(=O)(=O)N1CCC(C(=O)N(CCc2ccccc2)Cc2ccccc2)CC1. The van der Waals surface area contributed by atoms with Crippen molar-refractivity contribution in [1.82, 2.24) is 14.4 Å². The number of nitrogens with zero attached hydrogens (tertiary/aromatic N) is 3. The average molecular weight is 482 g/mol. The van der Waals surface area contributed by atoms with Crippen LogP contribution in [0.4, 0.5) is 0 Å². The Morgan fingerprint density at radius 2 is 1.59 bits per heavy atom. The van der Waals surface area contributed by atoms with E-state index in [0.29, 0.717) is 50.5 Å². The summed E-state index contributed by atoms with van der Waals surface area (Å²) in [5.74, 6) is 0.190. The molecule has 0 bridgehead atoms. The van der Waals surface area contributed by atoms with Gasteiger partial charge in [-0.2, -0.15) is 4.31 Å². The fourth-order valence-corrected chi connectivity index (χ4v) is 6.31. The molecule has 0 atom stereocenters. The van der Waals surface area contributed by atoms with Crippen LogP contribution >= 0.6 is 0 Å². The van der Waals surface area contributed by atoms with Crippen molar-refractivity contribution >= 4 is 15.9 Å². The number of carbonyl (C=O) groups excluding carboxylic acids is 1. The second-order valence-electron chi connectivity index (χ2n) is 8.81. The Hall–Kier alpha value is -2.97. The minimum Gasteiger partial charge on any atom is -0.360 e. The predicted octanol–water partition coefficient (Wildman–Crippen LogP) is 3.96. The summed E-state index contributed by atoms with van der Waals surface area (Å²) in [6, 6.07) is 20.1. The van der Waals surface area contributed by atoms with Gasteiger partial charge in [0.15, 0.2) is 5.76 Å². The van der Waals surface area contributed by atoms with Crippen LogP contribution in [0.1, 0.15) is 35.4 Å². The Morgan fingerprint density at radius 3 is 2.15 bits per heavy atom. The maximum Gasteiger partial charge on any atom is 0.248 e. The van der Waals surface area contributed by atoms with Gasteiger partial charge in [-0.3, -0.25) is 4.79 Å². The number of amides is 1. The number of benzene rings is 2. The number of hydrogen-bond donors (Lipinski definition) is 0. The smallest absolute Gasteiger partial charge is 0.248 e. The van der Waals surface area contributed by atoms with Crippen molar-refractivity contribution in [3.8, 4) is 0 Å². The van der Waals surface area contributed by atoms with Crippen LogP contribution in [-0.2, 0) is 27.8 Å². The molecule has 2 aromatic carbocycles. The molecule has 4 rings (SSSR count). The standard InChI is InChI=1S/C26H31N3O4S/c1-20-25(21(2)33-27-20)34(31,32)29-17-14-24(15-18-29)26(30)28(19-23-11-7-4-8-12-23)16-13-22-9-5-3-6-10-22/h3-12,24H,13-19H2,1-2H3. The van der Waals surface area contributed by atoms with E-state index in [2.05, 4.69) is 17.3 Å². The summed E-state index contributed by atoms with van der Waals surface area (Å²) in [6.45, 7) is 5.02. The molecule has 1 amide bonds. The van der Waals surface area contributed by atoms with Crippen molar-refractivity contribution in [3.05, 3.63) is 83.2 Å². The van der Waals surface area contributed by atoms with Crippen LogP contribution in [0.3, 0.4) is 0 Å². The molecule has 1 fully saturated rings. The largest absolute Gasteiger partial charge is 0.360 e. The molecule has 34 heavy (non-hydrogen) atoms. The molecule has 0 aliphatic carbocycles. The first-order valence-corrected chi connectivity index (χ1v) is 13.1. The van der Waals surface area contributed by atoms with E-state index >= 15 is 0 Å².